The van der Waals surface area contributed by atoms with Gasteiger partial charge in [0.1, 0.15) is 35.1 Å². The molecule has 0 bridgehead atoms. The Labute approximate surface area is 392 Å². The minimum Gasteiger partial charge on any atom is -0.459 e. The van der Waals surface area contributed by atoms with Gasteiger partial charge in [-0.1, -0.05) is 39.3 Å². The highest BCUT2D eigenvalue weighted by molar-refractivity contribution is 7.89. The Morgan fingerprint density at radius 2 is 1.60 bits per heavy atom. The highest BCUT2D eigenvalue weighted by Gasteiger charge is 2.58. The van der Waals surface area contributed by atoms with Crippen LogP contribution >= 0.6 is 11.6 Å². The lowest BCUT2D eigenvalue weighted by Crippen LogP contribution is -2.70. The molecule has 3 aliphatic heterocycles. The van der Waals surface area contributed by atoms with E-state index >= 15 is 0 Å². The zero-order valence-electron chi connectivity index (χ0n) is 40.7. The van der Waals surface area contributed by atoms with Crippen LogP contribution in [0.5, 0.6) is 0 Å². The molecule has 3 heterocycles. The lowest BCUT2D eigenvalue weighted by atomic mass is 9.75. The lowest BCUT2D eigenvalue weighted by Gasteiger charge is -2.53. The number of rotatable bonds is 13. The van der Waals surface area contributed by atoms with Gasteiger partial charge in [-0.25, -0.2) is 8.42 Å². The SMILES string of the molecule is CCCNC[C@]1(O)[C@H](C)O[C@@H](O[C@H]2[C@H](C)[C@@H](O[C@@H]3O[C@H](C)C[C@H](N(C)S(=O)(=O)c4ccc(Cl)cc4)[C@H]3O)[C@](C)(O)C[C@@H](C)CN[C@H](C)[C@@H](O)[C@](C)(O)[C@@H](CC)OC(=O)[C@@H]2C)C[C@@]1(C)OC. The van der Waals surface area contributed by atoms with Crippen LogP contribution in [0, 0.1) is 17.8 Å². The number of methoxy groups -OCH3 is 1. The number of nitrogens with zero attached hydrogens (tertiary/aromatic N) is 1. The average Bonchev–Trinajstić information content (AvgIpc) is 3.24. The largest absolute Gasteiger partial charge is 0.459 e. The van der Waals surface area contributed by atoms with E-state index in [9.17, 15) is 38.7 Å². The quantitative estimate of drug-likeness (QED) is 0.111. The number of aliphatic hydroxyl groups excluding tert-OH is 2. The summed E-state index contributed by atoms with van der Waals surface area (Å²) in [7, 11) is -1.27. The number of halogens is 1. The van der Waals surface area contributed by atoms with Gasteiger partial charge in [0.2, 0.25) is 10.0 Å². The molecule has 0 aliphatic carbocycles. The molecule has 0 unspecified atom stereocenters. The highest BCUT2D eigenvalue weighted by Crippen LogP contribution is 2.43. The number of sulfonamides is 1. The van der Waals surface area contributed by atoms with E-state index in [4.69, 9.17) is 40.0 Å². The van der Waals surface area contributed by atoms with E-state index in [1.807, 2.05) is 13.8 Å². The standard InChI is InChI=1S/C46H80ClN3O14S/c1-14-20-48-25-46(56)31(8)61-36(23-44(46,10)59-13)63-38-28(5)40(64-42-37(51)34(21-27(4)60-42)50(12)65(57,58)33-18-16-32(47)17-19-33)43(9,54)22-26(3)24-49-30(7)39(52)45(11,55)35(15-2)62-41(53)29(38)6/h16-19,26-31,34-40,42,48-49,51-52,54-56H,14-15,20-25H2,1-13H3/t26-,27-,28+,29-,30-,31+,34+,35-,36+,37-,38+,39-,40-,42+,43-,44-,45-,46+/m1/s1. The summed E-state index contributed by atoms with van der Waals surface area (Å²) in [5.74, 6) is -3.15. The topological polar surface area (TPSA) is 235 Å². The molecule has 3 fully saturated rings. The summed E-state index contributed by atoms with van der Waals surface area (Å²) in [6.07, 6.45) is -9.36. The lowest BCUT2D eigenvalue weighted by molar-refractivity contribution is -0.336. The molecule has 1 aromatic carbocycles. The Morgan fingerprint density at radius 1 is 0.969 bits per heavy atom. The molecule has 0 saturated carbocycles. The number of benzene rings is 1. The van der Waals surface area contributed by atoms with E-state index < -0.39 is 118 Å². The number of esters is 1. The van der Waals surface area contributed by atoms with E-state index in [1.54, 1.807) is 55.4 Å². The number of hydrogen-bond donors (Lipinski definition) is 7. The van der Waals surface area contributed by atoms with Gasteiger partial charge in [-0.05, 0) is 117 Å². The maximum Gasteiger partial charge on any atom is 0.311 e. The third kappa shape index (κ3) is 12.4. The van der Waals surface area contributed by atoms with Crippen LogP contribution in [0.2, 0.25) is 5.02 Å². The Morgan fingerprint density at radius 3 is 2.18 bits per heavy atom. The third-order valence-electron chi connectivity index (χ3n) is 14.3. The van der Waals surface area contributed by atoms with Crippen LogP contribution in [0.3, 0.4) is 0 Å². The van der Waals surface area contributed by atoms with Crippen molar-refractivity contribution in [3.63, 3.8) is 0 Å². The Hall–Kier alpha value is -1.59. The van der Waals surface area contributed by atoms with Crippen LogP contribution in [0.15, 0.2) is 29.2 Å². The maximum absolute atomic E-state index is 14.5. The van der Waals surface area contributed by atoms with Crippen molar-refractivity contribution in [1.82, 2.24) is 14.9 Å². The number of likely N-dealkylation sites (N-methyl/N-ethyl adjacent to an activating group) is 1. The first-order valence-electron chi connectivity index (χ1n) is 23.2. The van der Waals surface area contributed by atoms with Gasteiger partial charge in [0.05, 0.1) is 46.9 Å². The molecule has 0 spiro atoms. The highest BCUT2D eigenvalue weighted by atomic mass is 35.5. The second kappa shape index (κ2) is 22.4. The van der Waals surface area contributed by atoms with Gasteiger partial charge in [0.15, 0.2) is 12.6 Å². The summed E-state index contributed by atoms with van der Waals surface area (Å²) in [5, 5.41) is 67.0. The minimum absolute atomic E-state index is 0.0161. The fourth-order valence-corrected chi connectivity index (χ4v) is 11.5. The van der Waals surface area contributed by atoms with Gasteiger partial charge in [-0.3, -0.25) is 4.79 Å². The first kappa shape index (κ1) is 56.0. The molecule has 3 aliphatic rings. The van der Waals surface area contributed by atoms with Gasteiger partial charge < -0.3 is 64.6 Å². The van der Waals surface area contributed by atoms with E-state index in [-0.39, 0.29) is 49.6 Å². The molecular formula is C46H80ClN3O14S. The number of hydrogen-bond acceptors (Lipinski definition) is 16. The number of carbonyl (C=O) groups excluding carboxylic acids is 1. The molecule has 1 aromatic rings. The Kier molecular flexibility index (Phi) is 19.3. The van der Waals surface area contributed by atoms with Gasteiger partial charge >= 0.3 is 5.97 Å². The molecule has 17 nitrogen and oxygen atoms in total. The van der Waals surface area contributed by atoms with Crippen molar-refractivity contribution < 1.29 is 67.2 Å². The molecule has 4 rings (SSSR count). The summed E-state index contributed by atoms with van der Waals surface area (Å²) in [5.41, 5.74) is -6.34. The van der Waals surface area contributed by atoms with Crippen molar-refractivity contribution >= 4 is 27.6 Å². The molecule has 19 heteroatoms. The molecule has 376 valence electrons. The summed E-state index contributed by atoms with van der Waals surface area (Å²) in [4.78, 5) is 14.5. The zero-order valence-corrected chi connectivity index (χ0v) is 42.3. The van der Waals surface area contributed by atoms with Crippen molar-refractivity contribution in [3.05, 3.63) is 29.3 Å². The van der Waals surface area contributed by atoms with Crippen molar-refractivity contribution in [1.29, 1.82) is 0 Å². The van der Waals surface area contributed by atoms with Crippen molar-refractivity contribution in [2.75, 3.05) is 33.8 Å². The molecule has 0 aromatic heterocycles. The van der Waals surface area contributed by atoms with Crippen molar-refractivity contribution in [2.24, 2.45) is 17.8 Å². The Bertz CT molecular complexity index is 1800. The molecule has 0 amide bonds. The van der Waals surface area contributed by atoms with E-state index in [1.165, 1.54) is 45.3 Å². The number of nitrogens with one attached hydrogen (secondary N) is 2. The smallest absolute Gasteiger partial charge is 0.311 e. The third-order valence-corrected chi connectivity index (χ3v) is 16.5. The van der Waals surface area contributed by atoms with Gasteiger partial charge in [0.25, 0.3) is 0 Å². The monoisotopic (exact) mass is 966 g/mol. The van der Waals surface area contributed by atoms with E-state index in [0.29, 0.717) is 11.6 Å². The summed E-state index contributed by atoms with van der Waals surface area (Å²) >= 11 is 6.06. The number of cyclic esters (lactones) is 1. The fourth-order valence-electron chi connectivity index (χ4n) is 10.0. The van der Waals surface area contributed by atoms with Crippen LogP contribution in [-0.2, 0) is 43.2 Å². The second-order valence-electron chi connectivity index (χ2n) is 19.7. The number of carbonyl (C=O) groups is 1. The normalized spacial score (nSPS) is 43.1. The molecule has 0 radical (unpaired) electrons. The van der Waals surface area contributed by atoms with Crippen LogP contribution in [0.4, 0.5) is 0 Å². The molecule has 65 heavy (non-hydrogen) atoms. The number of aliphatic hydroxyl groups is 5. The summed E-state index contributed by atoms with van der Waals surface area (Å²) < 4.78 is 67.3. The van der Waals surface area contributed by atoms with Gasteiger partial charge in [-0.15, -0.1) is 0 Å². The average molecular weight is 967 g/mol. The van der Waals surface area contributed by atoms with Crippen LogP contribution in [0.1, 0.15) is 108 Å². The summed E-state index contributed by atoms with van der Waals surface area (Å²) in [6.45, 7) is 20.0. The molecule has 7 N–H and O–H groups in total. The zero-order chi connectivity index (χ0) is 49.0. The predicted octanol–water partition coefficient (Wildman–Crippen LogP) is 3.34. The van der Waals surface area contributed by atoms with E-state index in [2.05, 4.69) is 10.6 Å². The molecule has 18 atom stereocenters. The number of ether oxygens (including phenoxy) is 6. The first-order chi connectivity index (χ1) is 30.1. The van der Waals surface area contributed by atoms with Gasteiger partial charge in [0, 0.05) is 44.1 Å². The fraction of sp³-hybridized carbons (Fsp3) is 0.848. The van der Waals surface area contributed by atoms with Crippen LogP contribution < -0.4 is 10.6 Å². The van der Waals surface area contributed by atoms with Crippen molar-refractivity contribution in [3.8, 4) is 0 Å². The minimum atomic E-state index is -4.14. The van der Waals surface area contributed by atoms with Gasteiger partial charge in [-0.2, -0.15) is 4.31 Å². The van der Waals surface area contributed by atoms with Crippen LogP contribution in [0.25, 0.3) is 0 Å². The molecule has 3 saturated heterocycles. The van der Waals surface area contributed by atoms with E-state index in [0.717, 1.165) is 10.7 Å². The predicted molar refractivity (Wildman–Crippen MR) is 244 cm³/mol. The summed E-state index contributed by atoms with van der Waals surface area (Å²) in [6, 6.07) is 4.01. The molecular weight excluding hydrogens is 886 g/mol. The van der Waals surface area contributed by atoms with Crippen LogP contribution in [-0.4, -0.2) is 168 Å². The first-order valence-corrected chi connectivity index (χ1v) is 25.0. The maximum atomic E-state index is 14.5. The second-order valence-corrected chi connectivity index (χ2v) is 22.1. The Balaban J connectivity index is 1.82. The van der Waals surface area contributed by atoms with Crippen molar-refractivity contribution in [2.45, 2.75) is 203 Å².